The summed E-state index contributed by atoms with van der Waals surface area (Å²) in [5.74, 6) is 5.99. The van der Waals surface area contributed by atoms with Crippen molar-refractivity contribution in [3.05, 3.63) is 35.4 Å². The van der Waals surface area contributed by atoms with Gasteiger partial charge in [0.1, 0.15) is 0 Å². The average Bonchev–Trinajstić information content (AvgIpc) is 2.91. The van der Waals surface area contributed by atoms with Gasteiger partial charge in [0.2, 0.25) is 11.9 Å². The van der Waals surface area contributed by atoms with Crippen LogP contribution in [-0.2, 0) is 11.3 Å². The van der Waals surface area contributed by atoms with Crippen LogP contribution in [0, 0.1) is 6.92 Å². The fraction of sp³-hybridized carbons (Fsp3) is 0.333. The van der Waals surface area contributed by atoms with E-state index in [1.165, 1.54) is 11.9 Å². The number of imide groups is 1. The van der Waals surface area contributed by atoms with Gasteiger partial charge in [-0.1, -0.05) is 34.8 Å². The molecule has 0 aromatic heterocycles. The van der Waals surface area contributed by atoms with E-state index < -0.39 is 12.1 Å². The fourth-order valence-corrected chi connectivity index (χ4v) is 2.77. The van der Waals surface area contributed by atoms with Gasteiger partial charge in [-0.15, -0.1) is 0 Å². The van der Waals surface area contributed by atoms with Crippen molar-refractivity contribution in [2.75, 3.05) is 14.1 Å². The number of carbonyl (C=O) groups is 2. The Kier molecular flexibility index (Phi) is 3.61. The Bertz CT molecular complexity index is 737. The van der Waals surface area contributed by atoms with Crippen molar-refractivity contribution in [3.8, 4) is 0 Å². The van der Waals surface area contributed by atoms with Crippen LogP contribution >= 0.6 is 0 Å². The molecule has 3 N–H and O–H groups in total. The van der Waals surface area contributed by atoms with E-state index in [0.29, 0.717) is 18.3 Å². The molecule has 1 saturated heterocycles. The molecule has 1 atom stereocenters. The van der Waals surface area contributed by atoms with Crippen LogP contribution in [0.5, 0.6) is 0 Å². The van der Waals surface area contributed by atoms with E-state index in [-0.39, 0.29) is 5.91 Å². The predicted octanol–water partition coefficient (Wildman–Crippen LogP) is -0.369. The lowest BCUT2D eigenvalue weighted by Crippen LogP contribution is -2.61. The van der Waals surface area contributed by atoms with Crippen LogP contribution in [-0.4, -0.2) is 58.2 Å². The maximum Gasteiger partial charge on any atom is 0.407 e. The summed E-state index contributed by atoms with van der Waals surface area (Å²) < 4.78 is 1.77. The second-order valence-electron chi connectivity index (χ2n) is 5.69. The van der Waals surface area contributed by atoms with Crippen molar-refractivity contribution in [1.82, 2.24) is 15.2 Å². The lowest BCUT2D eigenvalue weighted by Gasteiger charge is -2.31. The number of carbonyl (C=O) groups excluding carboxylic acids is 2. The van der Waals surface area contributed by atoms with E-state index in [1.807, 2.05) is 31.2 Å². The third kappa shape index (κ3) is 2.36. The average molecular weight is 315 g/mol. The van der Waals surface area contributed by atoms with Gasteiger partial charge in [0.25, 0.3) is 5.91 Å². The Balaban J connectivity index is 1.98. The lowest BCUT2D eigenvalue weighted by atomic mass is 10.1. The molecule has 0 bridgehead atoms. The third-order valence-corrected chi connectivity index (χ3v) is 4.13. The Labute approximate surface area is 133 Å². The number of amides is 3. The summed E-state index contributed by atoms with van der Waals surface area (Å²) in [6.45, 7) is 2.47. The quantitative estimate of drug-likeness (QED) is 0.442. The number of likely N-dealkylation sites (N-methyl/N-ethyl adjacent to an activating group) is 2. The summed E-state index contributed by atoms with van der Waals surface area (Å²) in [6, 6.07) is 6.94. The molecule has 8 heteroatoms. The molecule has 3 amide bonds. The summed E-state index contributed by atoms with van der Waals surface area (Å²) in [5, 5.41) is 0. The molecule has 0 radical (unpaired) electrons. The Hall–Kier alpha value is -2.74. The predicted molar refractivity (Wildman–Crippen MR) is 84.6 cm³/mol. The molecule has 1 aromatic rings. The second kappa shape index (κ2) is 5.47. The first kappa shape index (κ1) is 15.2. The molecule has 120 valence electrons. The molecule has 2 aliphatic heterocycles. The van der Waals surface area contributed by atoms with Gasteiger partial charge in [-0.3, -0.25) is 14.6 Å². The molecular weight excluding hydrogens is 296 g/mol. The third-order valence-electron chi connectivity index (χ3n) is 4.13. The molecule has 8 nitrogen and oxygen atoms in total. The van der Waals surface area contributed by atoms with Crippen molar-refractivity contribution in [1.29, 1.82) is 0 Å². The number of urea groups is 1. The van der Waals surface area contributed by atoms with Crippen LogP contribution in [0.1, 0.15) is 11.1 Å². The molecule has 2 aliphatic rings. The highest BCUT2D eigenvalue weighted by Crippen LogP contribution is 2.20. The van der Waals surface area contributed by atoms with Crippen LogP contribution in [0.2, 0.25) is 0 Å². The van der Waals surface area contributed by atoms with Gasteiger partial charge >= 0.3 is 12.0 Å². The van der Waals surface area contributed by atoms with Gasteiger partial charge in [-0.05, 0) is 12.5 Å². The van der Waals surface area contributed by atoms with E-state index in [1.54, 1.807) is 11.6 Å². The van der Waals surface area contributed by atoms with Crippen molar-refractivity contribution < 1.29 is 14.2 Å². The molecule has 0 spiro atoms. The number of benzene rings is 1. The van der Waals surface area contributed by atoms with E-state index >= 15 is 0 Å². The number of hydrogen-bond acceptors (Lipinski definition) is 5. The summed E-state index contributed by atoms with van der Waals surface area (Å²) in [5.41, 5.74) is 4.70. The first-order chi connectivity index (χ1) is 10.9. The summed E-state index contributed by atoms with van der Waals surface area (Å²) >= 11 is 0. The van der Waals surface area contributed by atoms with Gasteiger partial charge in [-0.25, -0.2) is 14.8 Å². The highest BCUT2D eigenvalue weighted by Gasteiger charge is 2.51. The zero-order valence-corrected chi connectivity index (χ0v) is 13.3. The SMILES string of the molecule is Cc1ccc(C[N+]2=C(NN)N=C3C2C(=O)N(C)C(=O)N3C)cc1. The second-order valence-corrected chi connectivity index (χ2v) is 5.69. The zero-order valence-electron chi connectivity index (χ0n) is 13.3. The Morgan fingerprint density at radius 3 is 2.48 bits per heavy atom. The molecule has 2 heterocycles. The topological polar surface area (TPSA) is 94.0 Å². The number of nitrogens with zero attached hydrogens (tertiary/aromatic N) is 4. The van der Waals surface area contributed by atoms with Crippen LogP contribution in [0.25, 0.3) is 0 Å². The molecule has 3 rings (SSSR count). The van der Waals surface area contributed by atoms with Crippen molar-refractivity contribution in [2.45, 2.75) is 19.5 Å². The number of fused-ring (bicyclic) bond motifs is 1. The molecule has 0 saturated carbocycles. The lowest BCUT2D eigenvalue weighted by molar-refractivity contribution is -0.553. The maximum atomic E-state index is 12.6. The van der Waals surface area contributed by atoms with Gasteiger partial charge in [0.15, 0.2) is 0 Å². The first-order valence-electron chi connectivity index (χ1n) is 7.23. The highest BCUT2D eigenvalue weighted by atomic mass is 16.2. The number of nitrogens with two attached hydrogens (primary N) is 1. The largest absolute Gasteiger partial charge is 0.407 e. The van der Waals surface area contributed by atoms with E-state index in [9.17, 15) is 9.59 Å². The molecule has 23 heavy (non-hydrogen) atoms. The minimum Gasteiger partial charge on any atom is -0.270 e. The van der Waals surface area contributed by atoms with Crippen molar-refractivity contribution >= 4 is 23.7 Å². The van der Waals surface area contributed by atoms with E-state index in [2.05, 4.69) is 10.4 Å². The summed E-state index contributed by atoms with van der Waals surface area (Å²) in [7, 11) is 3.07. The molecule has 1 fully saturated rings. The zero-order chi connectivity index (χ0) is 16.7. The van der Waals surface area contributed by atoms with Crippen LogP contribution in [0.15, 0.2) is 29.3 Å². The van der Waals surface area contributed by atoms with Crippen LogP contribution in [0.3, 0.4) is 0 Å². The molecular formula is C15H19N6O2+. The van der Waals surface area contributed by atoms with Crippen molar-refractivity contribution in [2.24, 2.45) is 10.8 Å². The summed E-state index contributed by atoms with van der Waals surface area (Å²) in [6.07, 6.45) is 0. The molecule has 1 aromatic carbocycles. The minimum absolute atomic E-state index is 0.316. The minimum atomic E-state index is -0.657. The first-order valence-corrected chi connectivity index (χ1v) is 7.23. The standard InChI is InChI=1S/C15H18N6O2/c1-9-4-6-10(7-5-9)8-21-11-12(17-14(21)18-16)19(2)15(23)20(3)13(11)22/h4-7,11H,8,16H2,1-3H3/p+1. The number of nitrogens with one attached hydrogen (secondary N) is 1. The van der Waals surface area contributed by atoms with Gasteiger partial charge in [0, 0.05) is 14.1 Å². The van der Waals surface area contributed by atoms with Gasteiger partial charge in [0.05, 0.1) is 6.54 Å². The Morgan fingerprint density at radius 1 is 1.22 bits per heavy atom. The normalized spacial score (nSPS) is 20.9. The number of aryl methyl sites for hydroxylation is 1. The fourth-order valence-electron chi connectivity index (χ4n) is 2.77. The highest BCUT2D eigenvalue weighted by molar-refractivity contribution is 6.22. The number of aliphatic imine (C=N–C) groups is 1. The van der Waals surface area contributed by atoms with Crippen molar-refractivity contribution in [3.63, 3.8) is 0 Å². The van der Waals surface area contributed by atoms with Gasteiger partial charge in [-0.2, -0.15) is 5.84 Å². The monoisotopic (exact) mass is 315 g/mol. The van der Waals surface area contributed by atoms with Gasteiger partial charge < -0.3 is 0 Å². The molecule has 0 aliphatic carbocycles. The smallest absolute Gasteiger partial charge is 0.270 e. The van der Waals surface area contributed by atoms with Crippen LogP contribution in [0.4, 0.5) is 4.79 Å². The van der Waals surface area contributed by atoms with E-state index in [4.69, 9.17) is 5.84 Å². The Morgan fingerprint density at radius 2 is 1.87 bits per heavy atom. The van der Waals surface area contributed by atoms with Crippen LogP contribution < -0.4 is 11.3 Å². The molecule has 1 unspecified atom stereocenters. The number of guanidine groups is 1. The number of amidine groups is 1. The number of hydrogen-bond donors (Lipinski definition) is 2. The number of rotatable bonds is 2. The number of hydrazine groups is 1. The summed E-state index contributed by atoms with van der Waals surface area (Å²) in [4.78, 5) is 31.4. The van der Waals surface area contributed by atoms with E-state index in [0.717, 1.165) is 16.0 Å². The maximum absolute atomic E-state index is 12.6.